The Morgan fingerprint density at radius 2 is 1.95 bits per heavy atom. The van der Waals surface area contributed by atoms with E-state index in [9.17, 15) is 9.59 Å². The van der Waals surface area contributed by atoms with Crippen molar-refractivity contribution in [2.45, 2.75) is 26.3 Å². The van der Waals surface area contributed by atoms with Crippen molar-refractivity contribution in [1.82, 2.24) is 15.5 Å². The van der Waals surface area contributed by atoms with E-state index in [1.54, 1.807) is 11.9 Å². The molecule has 0 bridgehead atoms. The Kier molecular flexibility index (Phi) is 6.80. The molecular weight excluding hydrogens is 246 g/mol. The van der Waals surface area contributed by atoms with E-state index in [1.165, 1.54) is 0 Å². The fraction of sp³-hybridized carbons (Fsp3) is 0.846. The van der Waals surface area contributed by atoms with Gasteiger partial charge in [0.15, 0.2) is 0 Å². The lowest BCUT2D eigenvalue weighted by Gasteiger charge is -2.30. The summed E-state index contributed by atoms with van der Waals surface area (Å²) in [6.07, 6.45) is 0.605. The number of carbonyl (C=O) groups excluding carboxylic acids is 2. The number of nitrogens with zero attached hydrogens (tertiary/aromatic N) is 1. The van der Waals surface area contributed by atoms with Crippen LogP contribution < -0.4 is 10.6 Å². The smallest absolute Gasteiger partial charge is 0.245 e. The van der Waals surface area contributed by atoms with Gasteiger partial charge in [0.05, 0.1) is 13.2 Å². The van der Waals surface area contributed by atoms with E-state index in [0.29, 0.717) is 39.3 Å². The molecule has 0 saturated carbocycles. The first-order valence-corrected chi connectivity index (χ1v) is 6.91. The van der Waals surface area contributed by atoms with Crippen molar-refractivity contribution < 1.29 is 14.3 Å². The van der Waals surface area contributed by atoms with Crippen LogP contribution in [0.15, 0.2) is 0 Å². The molecule has 1 saturated heterocycles. The molecule has 1 fully saturated rings. The average molecular weight is 271 g/mol. The van der Waals surface area contributed by atoms with Crippen LogP contribution in [0.25, 0.3) is 0 Å². The summed E-state index contributed by atoms with van der Waals surface area (Å²) in [4.78, 5) is 26.0. The molecule has 1 rings (SSSR count). The maximum Gasteiger partial charge on any atom is 0.245 e. The Bertz CT molecular complexity index is 304. The van der Waals surface area contributed by atoms with Crippen LogP contribution in [0.1, 0.15) is 20.3 Å². The monoisotopic (exact) mass is 271 g/mol. The number of hydrogen-bond acceptors (Lipinski definition) is 4. The summed E-state index contributed by atoms with van der Waals surface area (Å²) in [6.45, 7) is 6.73. The minimum atomic E-state index is -0.426. The summed E-state index contributed by atoms with van der Waals surface area (Å²) in [5, 5.41) is 5.80. The molecule has 1 aliphatic heterocycles. The number of carbonyl (C=O) groups is 2. The molecule has 1 heterocycles. The highest BCUT2D eigenvalue weighted by atomic mass is 16.5. The second kappa shape index (κ2) is 8.12. The van der Waals surface area contributed by atoms with Crippen molar-refractivity contribution in [3.05, 3.63) is 0 Å². The molecular formula is C13H25N3O3. The van der Waals surface area contributed by atoms with Gasteiger partial charge >= 0.3 is 0 Å². The first kappa shape index (κ1) is 15.9. The molecule has 2 amide bonds. The predicted molar refractivity (Wildman–Crippen MR) is 72.7 cm³/mol. The first-order chi connectivity index (χ1) is 9.10. The van der Waals surface area contributed by atoms with Gasteiger partial charge < -0.3 is 20.3 Å². The Hall–Kier alpha value is -1.14. The number of nitrogens with one attached hydrogen (secondary N) is 2. The van der Waals surface area contributed by atoms with E-state index in [2.05, 4.69) is 10.6 Å². The van der Waals surface area contributed by atoms with Gasteiger partial charge in [0.1, 0.15) is 6.04 Å². The van der Waals surface area contributed by atoms with E-state index in [4.69, 9.17) is 4.74 Å². The lowest BCUT2D eigenvalue weighted by Crippen LogP contribution is -2.52. The zero-order chi connectivity index (χ0) is 14.3. The summed E-state index contributed by atoms with van der Waals surface area (Å²) in [6, 6.07) is -0.426. The van der Waals surface area contributed by atoms with E-state index < -0.39 is 6.04 Å². The standard InChI is InChI=1S/C13H25N3O3/c1-4-11(15-12(17)10(2)9-14-3)13(18)16-5-7-19-8-6-16/h10-11,14H,4-9H2,1-3H3,(H,15,17). The molecule has 2 unspecified atom stereocenters. The van der Waals surface area contributed by atoms with Crippen molar-refractivity contribution in [2.75, 3.05) is 39.9 Å². The Morgan fingerprint density at radius 3 is 2.47 bits per heavy atom. The molecule has 0 radical (unpaired) electrons. The second-order valence-corrected chi connectivity index (χ2v) is 4.87. The molecule has 0 aromatic rings. The zero-order valence-electron chi connectivity index (χ0n) is 12.1. The van der Waals surface area contributed by atoms with Crippen LogP contribution in [0.5, 0.6) is 0 Å². The summed E-state index contributed by atoms with van der Waals surface area (Å²) < 4.78 is 5.23. The number of rotatable bonds is 6. The summed E-state index contributed by atoms with van der Waals surface area (Å²) in [5.74, 6) is -0.227. The van der Waals surface area contributed by atoms with Crippen molar-refractivity contribution in [1.29, 1.82) is 0 Å². The Balaban J connectivity index is 2.51. The predicted octanol–water partition coefficient (Wildman–Crippen LogP) is -0.404. The van der Waals surface area contributed by atoms with E-state index in [-0.39, 0.29) is 17.7 Å². The summed E-state index contributed by atoms with van der Waals surface area (Å²) in [7, 11) is 1.81. The van der Waals surface area contributed by atoms with Gasteiger partial charge in [0.2, 0.25) is 11.8 Å². The molecule has 0 spiro atoms. The number of ether oxygens (including phenoxy) is 1. The van der Waals surface area contributed by atoms with Gasteiger partial charge in [-0.25, -0.2) is 0 Å². The van der Waals surface area contributed by atoms with Crippen LogP contribution in [-0.4, -0.2) is 62.7 Å². The van der Waals surface area contributed by atoms with Gasteiger partial charge in [-0.15, -0.1) is 0 Å². The molecule has 6 nitrogen and oxygen atoms in total. The van der Waals surface area contributed by atoms with Gasteiger partial charge in [-0.1, -0.05) is 13.8 Å². The molecule has 2 N–H and O–H groups in total. The highest BCUT2D eigenvalue weighted by Gasteiger charge is 2.26. The summed E-state index contributed by atoms with van der Waals surface area (Å²) in [5.41, 5.74) is 0. The van der Waals surface area contributed by atoms with Crippen LogP contribution in [0.3, 0.4) is 0 Å². The molecule has 2 atom stereocenters. The SMILES string of the molecule is CCC(NC(=O)C(C)CNC)C(=O)N1CCOCC1. The molecule has 110 valence electrons. The highest BCUT2D eigenvalue weighted by Crippen LogP contribution is 2.05. The summed E-state index contributed by atoms with van der Waals surface area (Å²) >= 11 is 0. The normalized spacial score (nSPS) is 18.8. The molecule has 0 aromatic carbocycles. The Morgan fingerprint density at radius 1 is 1.32 bits per heavy atom. The van der Waals surface area contributed by atoms with Gasteiger partial charge in [-0.05, 0) is 13.5 Å². The van der Waals surface area contributed by atoms with Crippen molar-refractivity contribution in [3.63, 3.8) is 0 Å². The van der Waals surface area contributed by atoms with Gasteiger partial charge in [-0.2, -0.15) is 0 Å². The van der Waals surface area contributed by atoms with Gasteiger partial charge in [0.25, 0.3) is 0 Å². The second-order valence-electron chi connectivity index (χ2n) is 4.87. The largest absolute Gasteiger partial charge is 0.378 e. The molecule has 0 aliphatic carbocycles. The lowest BCUT2D eigenvalue weighted by molar-refractivity contribution is -0.140. The average Bonchev–Trinajstić information content (AvgIpc) is 2.45. The lowest BCUT2D eigenvalue weighted by atomic mass is 10.1. The van der Waals surface area contributed by atoms with Gasteiger partial charge in [-0.3, -0.25) is 9.59 Å². The maximum absolute atomic E-state index is 12.3. The molecule has 6 heteroatoms. The molecule has 1 aliphatic rings. The Labute approximate surface area is 114 Å². The molecule has 0 aromatic heterocycles. The minimum Gasteiger partial charge on any atom is -0.378 e. The third kappa shape index (κ3) is 4.80. The fourth-order valence-corrected chi connectivity index (χ4v) is 2.06. The highest BCUT2D eigenvalue weighted by molar-refractivity contribution is 5.88. The van der Waals surface area contributed by atoms with Gasteiger partial charge in [0, 0.05) is 25.6 Å². The number of hydrogen-bond donors (Lipinski definition) is 2. The topological polar surface area (TPSA) is 70.7 Å². The van der Waals surface area contributed by atoms with E-state index in [1.807, 2.05) is 13.8 Å². The van der Waals surface area contributed by atoms with Crippen molar-refractivity contribution in [3.8, 4) is 0 Å². The number of amides is 2. The maximum atomic E-state index is 12.3. The van der Waals surface area contributed by atoms with Crippen LogP contribution in [0.4, 0.5) is 0 Å². The third-order valence-electron chi connectivity index (χ3n) is 3.30. The van der Waals surface area contributed by atoms with Crippen LogP contribution in [-0.2, 0) is 14.3 Å². The number of morpholine rings is 1. The quantitative estimate of drug-likeness (QED) is 0.689. The third-order valence-corrected chi connectivity index (χ3v) is 3.30. The van der Waals surface area contributed by atoms with Crippen LogP contribution >= 0.6 is 0 Å². The first-order valence-electron chi connectivity index (χ1n) is 6.91. The van der Waals surface area contributed by atoms with E-state index >= 15 is 0 Å². The zero-order valence-corrected chi connectivity index (χ0v) is 12.1. The van der Waals surface area contributed by atoms with Crippen molar-refractivity contribution in [2.24, 2.45) is 5.92 Å². The minimum absolute atomic E-state index is 0.00388. The van der Waals surface area contributed by atoms with Crippen molar-refractivity contribution >= 4 is 11.8 Å². The molecule has 19 heavy (non-hydrogen) atoms. The fourth-order valence-electron chi connectivity index (χ4n) is 2.06. The van der Waals surface area contributed by atoms with Crippen LogP contribution in [0.2, 0.25) is 0 Å². The van der Waals surface area contributed by atoms with E-state index in [0.717, 1.165) is 0 Å². The van der Waals surface area contributed by atoms with Crippen LogP contribution in [0, 0.1) is 5.92 Å².